The van der Waals surface area contributed by atoms with Gasteiger partial charge in [0.05, 0.1) is 26.5 Å². The number of hydrogen-bond acceptors (Lipinski definition) is 5. The second kappa shape index (κ2) is 8.21. The minimum absolute atomic E-state index is 0.336. The van der Waals surface area contributed by atoms with Gasteiger partial charge in [0.15, 0.2) is 11.5 Å². The summed E-state index contributed by atoms with van der Waals surface area (Å²) in [4.78, 5) is 25.7. The van der Waals surface area contributed by atoms with Gasteiger partial charge >= 0.3 is 0 Å². The molecule has 148 valence electrons. The zero-order chi connectivity index (χ0) is 20.1. The molecule has 0 heterocycles. The van der Waals surface area contributed by atoms with Crippen molar-refractivity contribution in [1.82, 2.24) is 0 Å². The van der Waals surface area contributed by atoms with Crippen molar-refractivity contribution in [2.45, 2.75) is 19.8 Å². The number of anilines is 2. The molecule has 1 aliphatic carbocycles. The van der Waals surface area contributed by atoms with Crippen LogP contribution in [0.25, 0.3) is 0 Å². The maximum absolute atomic E-state index is 12.8. The number of hydrogen-bond donors (Lipinski definition) is 2. The number of carbonyl (C=O) groups excluding carboxylic acids is 2. The van der Waals surface area contributed by atoms with E-state index in [0.29, 0.717) is 48.1 Å². The first-order chi connectivity index (χ1) is 13.5. The smallest absolute Gasteiger partial charge is 0.240 e. The summed E-state index contributed by atoms with van der Waals surface area (Å²) in [7, 11) is 3.06. The SMILES string of the molecule is CCOc1ccccc1NC(=O)C1(C(=O)Nc2ccc(OC)c(OC)c2)CC1. The highest BCUT2D eigenvalue weighted by Gasteiger charge is 2.56. The van der Waals surface area contributed by atoms with E-state index in [9.17, 15) is 9.59 Å². The molecule has 1 aliphatic rings. The Labute approximate surface area is 164 Å². The predicted octanol–water partition coefficient (Wildman–Crippen LogP) is 3.46. The maximum atomic E-state index is 12.8. The Morgan fingerprint density at radius 1 is 0.929 bits per heavy atom. The molecule has 0 unspecified atom stereocenters. The highest BCUT2D eigenvalue weighted by molar-refractivity contribution is 6.17. The molecule has 0 aliphatic heterocycles. The second-order valence-electron chi connectivity index (χ2n) is 6.49. The average molecular weight is 384 g/mol. The Bertz CT molecular complexity index is 877. The van der Waals surface area contributed by atoms with Crippen LogP contribution in [0.5, 0.6) is 17.2 Å². The van der Waals surface area contributed by atoms with Gasteiger partial charge in [-0.2, -0.15) is 0 Å². The molecule has 7 heteroatoms. The van der Waals surface area contributed by atoms with E-state index in [1.54, 1.807) is 43.5 Å². The highest BCUT2D eigenvalue weighted by atomic mass is 16.5. The molecule has 28 heavy (non-hydrogen) atoms. The van der Waals surface area contributed by atoms with Gasteiger partial charge in [0.25, 0.3) is 0 Å². The summed E-state index contributed by atoms with van der Waals surface area (Å²) in [5.74, 6) is 0.963. The first-order valence-electron chi connectivity index (χ1n) is 9.11. The lowest BCUT2D eigenvalue weighted by Crippen LogP contribution is -2.35. The number of rotatable bonds is 8. The van der Waals surface area contributed by atoms with Crippen LogP contribution in [0, 0.1) is 5.41 Å². The van der Waals surface area contributed by atoms with Gasteiger partial charge < -0.3 is 24.8 Å². The third kappa shape index (κ3) is 3.88. The van der Waals surface area contributed by atoms with Crippen molar-refractivity contribution in [3.63, 3.8) is 0 Å². The second-order valence-corrected chi connectivity index (χ2v) is 6.49. The summed E-state index contributed by atoms with van der Waals surface area (Å²) >= 11 is 0. The van der Waals surface area contributed by atoms with Crippen LogP contribution in [0.1, 0.15) is 19.8 Å². The lowest BCUT2D eigenvalue weighted by molar-refractivity contribution is -0.131. The molecule has 2 aromatic carbocycles. The number of amides is 2. The molecule has 0 aromatic heterocycles. The van der Waals surface area contributed by atoms with Crippen LogP contribution in [-0.2, 0) is 9.59 Å². The number of methoxy groups -OCH3 is 2. The van der Waals surface area contributed by atoms with E-state index >= 15 is 0 Å². The summed E-state index contributed by atoms with van der Waals surface area (Å²) in [5, 5.41) is 5.65. The Morgan fingerprint density at radius 2 is 1.61 bits per heavy atom. The van der Waals surface area contributed by atoms with E-state index in [1.807, 2.05) is 13.0 Å². The summed E-state index contributed by atoms with van der Waals surface area (Å²) in [6.07, 6.45) is 0.990. The highest BCUT2D eigenvalue weighted by Crippen LogP contribution is 2.48. The molecule has 2 aromatic rings. The number of ether oxygens (including phenoxy) is 3. The largest absolute Gasteiger partial charge is 0.493 e. The Kier molecular flexibility index (Phi) is 5.73. The third-order valence-electron chi connectivity index (χ3n) is 4.70. The van der Waals surface area contributed by atoms with Crippen LogP contribution in [0.4, 0.5) is 11.4 Å². The molecule has 0 bridgehead atoms. The van der Waals surface area contributed by atoms with E-state index in [4.69, 9.17) is 14.2 Å². The van der Waals surface area contributed by atoms with Crippen molar-refractivity contribution in [2.75, 3.05) is 31.5 Å². The Hall–Kier alpha value is -3.22. The van der Waals surface area contributed by atoms with E-state index in [-0.39, 0.29) is 11.8 Å². The molecule has 0 saturated heterocycles. The van der Waals surface area contributed by atoms with Crippen LogP contribution in [0.3, 0.4) is 0 Å². The molecule has 0 spiro atoms. The van der Waals surface area contributed by atoms with Crippen LogP contribution >= 0.6 is 0 Å². The fourth-order valence-corrected chi connectivity index (χ4v) is 2.94. The Morgan fingerprint density at radius 3 is 2.25 bits per heavy atom. The van der Waals surface area contributed by atoms with Crippen molar-refractivity contribution >= 4 is 23.2 Å². The van der Waals surface area contributed by atoms with Crippen molar-refractivity contribution in [1.29, 1.82) is 0 Å². The van der Waals surface area contributed by atoms with E-state index < -0.39 is 5.41 Å². The molecule has 2 N–H and O–H groups in total. The van der Waals surface area contributed by atoms with Gasteiger partial charge in [-0.25, -0.2) is 0 Å². The summed E-state index contributed by atoms with van der Waals surface area (Å²) < 4.78 is 16.0. The van der Waals surface area contributed by atoms with Crippen molar-refractivity contribution < 1.29 is 23.8 Å². The molecular formula is C21H24N2O5. The van der Waals surface area contributed by atoms with Gasteiger partial charge in [-0.15, -0.1) is 0 Å². The summed E-state index contributed by atoms with van der Waals surface area (Å²) in [6, 6.07) is 12.2. The van der Waals surface area contributed by atoms with Gasteiger partial charge in [-0.3, -0.25) is 9.59 Å². The topological polar surface area (TPSA) is 85.9 Å². The summed E-state index contributed by atoms with van der Waals surface area (Å²) in [5.41, 5.74) is 0.0166. The maximum Gasteiger partial charge on any atom is 0.240 e. The number of carbonyl (C=O) groups is 2. The molecule has 0 atom stereocenters. The van der Waals surface area contributed by atoms with Gasteiger partial charge in [-0.05, 0) is 44.0 Å². The number of para-hydroxylation sites is 2. The zero-order valence-electron chi connectivity index (χ0n) is 16.2. The van der Waals surface area contributed by atoms with E-state index in [2.05, 4.69) is 10.6 Å². The van der Waals surface area contributed by atoms with Gasteiger partial charge in [0.1, 0.15) is 11.2 Å². The summed E-state index contributed by atoms with van der Waals surface area (Å²) in [6.45, 7) is 2.36. The fourth-order valence-electron chi connectivity index (χ4n) is 2.94. The van der Waals surface area contributed by atoms with Crippen molar-refractivity contribution in [3.05, 3.63) is 42.5 Å². The van der Waals surface area contributed by atoms with E-state index in [1.165, 1.54) is 7.11 Å². The average Bonchev–Trinajstić information content (AvgIpc) is 3.52. The van der Waals surface area contributed by atoms with Gasteiger partial charge in [0, 0.05) is 11.8 Å². The van der Waals surface area contributed by atoms with E-state index in [0.717, 1.165) is 0 Å². The number of nitrogens with one attached hydrogen (secondary N) is 2. The molecule has 7 nitrogen and oxygen atoms in total. The molecule has 2 amide bonds. The quantitative estimate of drug-likeness (QED) is 0.681. The Balaban J connectivity index is 1.73. The fraction of sp³-hybridized carbons (Fsp3) is 0.333. The molecule has 3 rings (SSSR count). The molecule has 1 saturated carbocycles. The lowest BCUT2D eigenvalue weighted by Gasteiger charge is -2.17. The van der Waals surface area contributed by atoms with Crippen LogP contribution in [0.2, 0.25) is 0 Å². The van der Waals surface area contributed by atoms with Gasteiger partial charge in [-0.1, -0.05) is 12.1 Å². The van der Waals surface area contributed by atoms with Crippen molar-refractivity contribution in [3.8, 4) is 17.2 Å². The lowest BCUT2D eigenvalue weighted by atomic mass is 10.0. The standard InChI is InChI=1S/C21H24N2O5/c1-4-28-16-8-6-5-7-15(16)23-20(25)21(11-12-21)19(24)22-14-9-10-17(26-2)18(13-14)27-3/h5-10,13H,4,11-12H2,1-3H3,(H,22,24)(H,23,25). The minimum Gasteiger partial charge on any atom is -0.493 e. The molecular weight excluding hydrogens is 360 g/mol. The first-order valence-corrected chi connectivity index (χ1v) is 9.11. The first kappa shape index (κ1) is 19.5. The van der Waals surface area contributed by atoms with Crippen LogP contribution in [-0.4, -0.2) is 32.6 Å². The normalized spacial score (nSPS) is 14.0. The van der Waals surface area contributed by atoms with Crippen molar-refractivity contribution in [2.24, 2.45) is 5.41 Å². The van der Waals surface area contributed by atoms with Crippen LogP contribution < -0.4 is 24.8 Å². The third-order valence-corrected chi connectivity index (χ3v) is 4.70. The zero-order valence-corrected chi connectivity index (χ0v) is 16.2. The molecule has 1 fully saturated rings. The van der Waals surface area contributed by atoms with Crippen LogP contribution in [0.15, 0.2) is 42.5 Å². The number of benzene rings is 2. The monoisotopic (exact) mass is 384 g/mol. The predicted molar refractivity (Wildman–Crippen MR) is 106 cm³/mol. The molecule has 0 radical (unpaired) electrons. The van der Waals surface area contributed by atoms with Gasteiger partial charge in [0.2, 0.25) is 11.8 Å². The minimum atomic E-state index is -1.08.